The molecule has 0 rings (SSSR count). The molecule has 0 aromatic carbocycles. The number of hydrazine groups is 1. The highest BCUT2D eigenvalue weighted by molar-refractivity contribution is 5.75. The molecule has 0 saturated carbocycles. The molecule has 0 aromatic heterocycles. The number of amides is 1. The lowest BCUT2D eigenvalue weighted by molar-refractivity contribution is -0.152. The summed E-state index contributed by atoms with van der Waals surface area (Å²) in [5, 5.41) is 6.82. The number of carbonyl (C=O) groups is 1. The van der Waals surface area contributed by atoms with Gasteiger partial charge in [0.15, 0.2) is 0 Å². The largest absolute Gasteiger partial charge is 0.319 e. The molecule has 0 bridgehead atoms. The standard InChI is InChI=1S/C11H25N3O/c1-9(2)14(10(3)4)13(6)11(15)7-8-12-5/h9-10,12H,7-8H2,1-6H3. The minimum Gasteiger partial charge on any atom is -0.319 e. The van der Waals surface area contributed by atoms with Gasteiger partial charge in [0.25, 0.3) is 0 Å². The van der Waals surface area contributed by atoms with E-state index in [1.807, 2.05) is 14.1 Å². The first-order valence-corrected chi connectivity index (χ1v) is 5.61. The lowest BCUT2D eigenvalue weighted by Gasteiger charge is -2.38. The molecule has 0 aromatic rings. The normalized spacial score (nSPS) is 11.5. The zero-order valence-corrected chi connectivity index (χ0v) is 10.9. The minimum atomic E-state index is 0.159. The Morgan fingerprint density at radius 3 is 2.00 bits per heavy atom. The summed E-state index contributed by atoms with van der Waals surface area (Å²) in [6.07, 6.45) is 0.545. The fraction of sp³-hybridized carbons (Fsp3) is 0.909. The third-order valence-electron chi connectivity index (χ3n) is 2.35. The topological polar surface area (TPSA) is 35.6 Å². The number of hydrogen-bond acceptors (Lipinski definition) is 3. The number of carbonyl (C=O) groups excluding carboxylic acids is 1. The van der Waals surface area contributed by atoms with Crippen molar-refractivity contribution in [2.45, 2.75) is 46.2 Å². The van der Waals surface area contributed by atoms with Crippen LogP contribution in [-0.2, 0) is 4.79 Å². The van der Waals surface area contributed by atoms with E-state index in [-0.39, 0.29) is 5.91 Å². The van der Waals surface area contributed by atoms with Crippen molar-refractivity contribution in [3.05, 3.63) is 0 Å². The van der Waals surface area contributed by atoms with E-state index >= 15 is 0 Å². The Bertz CT molecular complexity index is 184. The fourth-order valence-corrected chi connectivity index (χ4v) is 1.81. The smallest absolute Gasteiger partial charge is 0.237 e. The lowest BCUT2D eigenvalue weighted by atomic mass is 10.3. The second-order valence-electron chi connectivity index (χ2n) is 4.34. The van der Waals surface area contributed by atoms with Crippen molar-refractivity contribution in [1.29, 1.82) is 0 Å². The van der Waals surface area contributed by atoms with Crippen molar-refractivity contribution >= 4 is 5.91 Å². The van der Waals surface area contributed by atoms with Gasteiger partial charge in [-0.25, -0.2) is 5.01 Å². The van der Waals surface area contributed by atoms with Crippen molar-refractivity contribution in [2.75, 3.05) is 20.6 Å². The summed E-state index contributed by atoms with van der Waals surface area (Å²) >= 11 is 0. The highest BCUT2D eigenvalue weighted by Crippen LogP contribution is 2.09. The maximum atomic E-state index is 11.8. The van der Waals surface area contributed by atoms with E-state index in [9.17, 15) is 4.79 Å². The van der Waals surface area contributed by atoms with Crippen LogP contribution in [0.1, 0.15) is 34.1 Å². The summed E-state index contributed by atoms with van der Waals surface area (Å²) in [5.41, 5.74) is 0. The van der Waals surface area contributed by atoms with Crippen LogP contribution in [0.4, 0.5) is 0 Å². The van der Waals surface area contributed by atoms with Crippen LogP contribution in [-0.4, -0.2) is 48.6 Å². The predicted octanol–water partition coefficient (Wildman–Crippen LogP) is 1.09. The number of hydrogen-bond donors (Lipinski definition) is 1. The van der Waals surface area contributed by atoms with Gasteiger partial charge in [0.1, 0.15) is 0 Å². The molecule has 0 aliphatic carbocycles. The van der Waals surface area contributed by atoms with Crippen LogP contribution in [0.5, 0.6) is 0 Å². The van der Waals surface area contributed by atoms with Crippen LogP contribution in [0.2, 0.25) is 0 Å². The third-order valence-corrected chi connectivity index (χ3v) is 2.35. The van der Waals surface area contributed by atoms with Gasteiger partial charge in [0.2, 0.25) is 5.91 Å². The van der Waals surface area contributed by atoms with Gasteiger partial charge in [-0.05, 0) is 34.7 Å². The van der Waals surface area contributed by atoms with Crippen LogP contribution in [0.15, 0.2) is 0 Å². The summed E-state index contributed by atoms with van der Waals surface area (Å²) in [4.78, 5) is 11.8. The first-order chi connectivity index (χ1) is 6.91. The van der Waals surface area contributed by atoms with Gasteiger partial charge in [0, 0.05) is 32.1 Å². The fourth-order valence-electron chi connectivity index (χ4n) is 1.81. The van der Waals surface area contributed by atoms with Crippen LogP contribution in [0.25, 0.3) is 0 Å². The number of rotatable bonds is 6. The average molecular weight is 215 g/mol. The molecule has 0 atom stereocenters. The van der Waals surface area contributed by atoms with Gasteiger partial charge < -0.3 is 5.32 Å². The van der Waals surface area contributed by atoms with Crippen molar-refractivity contribution < 1.29 is 4.79 Å². The van der Waals surface area contributed by atoms with Crippen LogP contribution >= 0.6 is 0 Å². The Labute approximate surface area is 93.6 Å². The molecule has 0 fully saturated rings. The van der Waals surface area contributed by atoms with E-state index in [4.69, 9.17) is 0 Å². The van der Waals surface area contributed by atoms with E-state index in [1.54, 1.807) is 5.01 Å². The second-order valence-corrected chi connectivity index (χ2v) is 4.34. The highest BCUT2D eigenvalue weighted by atomic mass is 16.2. The highest BCUT2D eigenvalue weighted by Gasteiger charge is 2.21. The molecule has 1 amide bonds. The van der Waals surface area contributed by atoms with E-state index in [1.165, 1.54) is 0 Å². The zero-order valence-electron chi connectivity index (χ0n) is 10.9. The van der Waals surface area contributed by atoms with Crippen molar-refractivity contribution in [1.82, 2.24) is 15.3 Å². The van der Waals surface area contributed by atoms with Gasteiger partial charge in [-0.15, -0.1) is 0 Å². The first kappa shape index (κ1) is 14.4. The SMILES string of the molecule is CNCCC(=O)N(C)N(C(C)C)C(C)C. The maximum absolute atomic E-state index is 11.8. The molecule has 0 aliphatic heterocycles. The molecule has 0 radical (unpaired) electrons. The van der Waals surface area contributed by atoms with E-state index in [2.05, 4.69) is 38.0 Å². The molecular formula is C11H25N3O. The Hall–Kier alpha value is -0.610. The lowest BCUT2D eigenvalue weighted by Crippen LogP contribution is -2.51. The Morgan fingerprint density at radius 2 is 1.67 bits per heavy atom. The molecule has 0 unspecified atom stereocenters. The predicted molar refractivity (Wildman–Crippen MR) is 63.4 cm³/mol. The Kier molecular flexibility index (Phi) is 6.52. The molecule has 0 saturated heterocycles. The van der Waals surface area contributed by atoms with Gasteiger partial charge in [0.05, 0.1) is 0 Å². The van der Waals surface area contributed by atoms with Crippen LogP contribution < -0.4 is 5.32 Å². The molecule has 15 heavy (non-hydrogen) atoms. The average Bonchev–Trinajstić information content (AvgIpc) is 2.12. The van der Waals surface area contributed by atoms with Gasteiger partial charge >= 0.3 is 0 Å². The van der Waals surface area contributed by atoms with E-state index < -0.39 is 0 Å². The summed E-state index contributed by atoms with van der Waals surface area (Å²) < 4.78 is 0. The Balaban J connectivity index is 4.36. The molecule has 4 heteroatoms. The van der Waals surface area contributed by atoms with Crippen molar-refractivity contribution in [2.24, 2.45) is 0 Å². The summed E-state index contributed by atoms with van der Waals surface area (Å²) in [6.45, 7) is 9.13. The molecule has 0 spiro atoms. The number of nitrogens with zero attached hydrogens (tertiary/aromatic N) is 2. The van der Waals surface area contributed by atoms with E-state index in [0.29, 0.717) is 18.5 Å². The summed E-state index contributed by atoms with van der Waals surface area (Å²) in [6, 6.07) is 0.682. The summed E-state index contributed by atoms with van der Waals surface area (Å²) in [7, 11) is 3.70. The third kappa shape index (κ3) is 4.62. The quantitative estimate of drug-likeness (QED) is 0.674. The van der Waals surface area contributed by atoms with E-state index in [0.717, 1.165) is 6.54 Å². The monoisotopic (exact) mass is 215 g/mol. The second kappa shape index (κ2) is 6.80. The summed E-state index contributed by atoms with van der Waals surface area (Å²) in [5.74, 6) is 0.159. The molecule has 4 nitrogen and oxygen atoms in total. The molecule has 90 valence electrons. The molecule has 0 heterocycles. The van der Waals surface area contributed by atoms with Crippen LogP contribution in [0.3, 0.4) is 0 Å². The van der Waals surface area contributed by atoms with Gasteiger partial charge in [-0.3, -0.25) is 9.80 Å². The Morgan fingerprint density at radius 1 is 1.20 bits per heavy atom. The molecule has 1 N–H and O–H groups in total. The number of nitrogens with one attached hydrogen (secondary N) is 1. The first-order valence-electron chi connectivity index (χ1n) is 5.61. The molecular weight excluding hydrogens is 190 g/mol. The van der Waals surface area contributed by atoms with Gasteiger partial charge in [-0.2, -0.15) is 0 Å². The maximum Gasteiger partial charge on any atom is 0.237 e. The zero-order chi connectivity index (χ0) is 12.0. The van der Waals surface area contributed by atoms with Crippen LogP contribution in [0, 0.1) is 0 Å². The molecule has 0 aliphatic rings. The van der Waals surface area contributed by atoms with Crippen molar-refractivity contribution in [3.8, 4) is 0 Å². The minimum absolute atomic E-state index is 0.159. The van der Waals surface area contributed by atoms with Gasteiger partial charge in [-0.1, -0.05) is 0 Å². The van der Waals surface area contributed by atoms with Crippen molar-refractivity contribution in [3.63, 3.8) is 0 Å².